The number of ether oxygens (including phenoxy) is 1. The van der Waals surface area contributed by atoms with Crippen molar-refractivity contribution in [2.75, 3.05) is 23.3 Å². The number of para-hydroxylation sites is 4. The van der Waals surface area contributed by atoms with E-state index in [1.54, 1.807) is 42.5 Å². The molecule has 0 atom stereocenters. The second-order valence-corrected chi connectivity index (χ2v) is 8.15. The Morgan fingerprint density at radius 1 is 1.00 bits per heavy atom. The van der Waals surface area contributed by atoms with Gasteiger partial charge in [-0.25, -0.2) is 8.42 Å². The van der Waals surface area contributed by atoms with E-state index in [1.807, 2.05) is 0 Å². The van der Waals surface area contributed by atoms with Crippen LogP contribution in [0.1, 0.15) is 0 Å². The largest absolute Gasteiger partial charge is 0.495 e. The molecule has 0 spiro atoms. The van der Waals surface area contributed by atoms with Crippen molar-refractivity contribution in [1.29, 1.82) is 0 Å². The van der Waals surface area contributed by atoms with E-state index < -0.39 is 38.0 Å². The quantitative estimate of drug-likeness (QED) is 0.422. The van der Waals surface area contributed by atoms with Crippen LogP contribution in [-0.2, 0) is 14.8 Å². The average Bonchev–Trinajstić information content (AvgIpc) is 2.78. The minimum absolute atomic E-state index is 0.191. The van der Waals surface area contributed by atoms with Gasteiger partial charge in [-0.1, -0.05) is 42.5 Å². The molecule has 3 rings (SSSR count). The summed E-state index contributed by atoms with van der Waals surface area (Å²) in [6.07, 6.45) is 0. The highest BCUT2D eigenvalue weighted by Crippen LogP contribution is 2.30. The Morgan fingerprint density at radius 2 is 1.61 bits per heavy atom. The van der Waals surface area contributed by atoms with Crippen LogP contribution >= 0.6 is 0 Å². The summed E-state index contributed by atoms with van der Waals surface area (Å²) < 4.78 is 32.8. The zero-order chi connectivity index (χ0) is 22.4. The van der Waals surface area contributed by atoms with Crippen molar-refractivity contribution in [3.63, 3.8) is 0 Å². The number of nitro groups is 1. The number of anilines is 2. The molecule has 0 saturated heterocycles. The summed E-state index contributed by atoms with van der Waals surface area (Å²) in [6.45, 7) is -0.601. The topological polar surface area (TPSA) is 119 Å². The van der Waals surface area contributed by atoms with Gasteiger partial charge >= 0.3 is 0 Å². The predicted molar refractivity (Wildman–Crippen MR) is 116 cm³/mol. The molecular formula is C21H19N3O6S. The number of hydrogen-bond acceptors (Lipinski definition) is 6. The molecular weight excluding hydrogens is 422 g/mol. The summed E-state index contributed by atoms with van der Waals surface area (Å²) in [5.74, 6) is -0.237. The molecule has 1 N–H and O–H groups in total. The zero-order valence-corrected chi connectivity index (χ0v) is 17.3. The third kappa shape index (κ3) is 4.81. The first-order valence-electron chi connectivity index (χ1n) is 9.08. The Kier molecular flexibility index (Phi) is 6.51. The molecule has 160 valence electrons. The Balaban J connectivity index is 2.00. The first-order valence-corrected chi connectivity index (χ1v) is 10.5. The van der Waals surface area contributed by atoms with Gasteiger partial charge in [0.25, 0.3) is 15.7 Å². The molecule has 9 nitrogen and oxygen atoms in total. The fraction of sp³-hybridized carbons (Fsp3) is 0.0952. The third-order valence-electron chi connectivity index (χ3n) is 4.34. The molecule has 0 aliphatic heterocycles. The highest BCUT2D eigenvalue weighted by atomic mass is 32.2. The molecule has 3 aromatic carbocycles. The van der Waals surface area contributed by atoms with Gasteiger partial charge in [-0.05, 0) is 30.3 Å². The van der Waals surface area contributed by atoms with Gasteiger partial charge < -0.3 is 10.1 Å². The van der Waals surface area contributed by atoms with Crippen LogP contribution in [0.5, 0.6) is 5.75 Å². The molecule has 0 aliphatic rings. The molecule has 0 unspecified atom stereocenters. The van der Waals surface area contributed by atoms with Crippen molar-refractivity contribution in [2.24, 2.45) is 0 Å². The summed E-state index contributed by atoms with van der Waals surface area (Å²) >= 11 is 0. The van der Waals surface area contributed by atoms with E-state index in [0.717, 1.165) is 16.4 Å². The lowest BCUT2D eigenvalue weighted by atomic mass is 10.3. The van der Waals surface area contributed by atoms with E-state index in [4.69, 9.17) is 4.74 Å². The number of amides is 1. The molecule has 0 heterocycles. The van der Waals surface area contributed by atoms with Crippen LogP contribution in [0.2, 0.25) is 0 Å². The number of carbonyl (C=O) groups excluding carboxylic acids is 1. The Labute approximate surface area is 179 Å². The van der Waals surface area contributed by atoms with Crippen LogP contribution in [0.15, 0.2) is 83.8 Å². The highest BCUT2D eigenvalue weighted by Gasteiger charge is 2.33. The minimum Gasteiger partial charge on any atom is -0.495 e. The van der Waals surface area contributed by atoms with Gasteiger partial charge in [0.05, 0.1) is 23.4 Å². The first-order chi connectivity index (χ1) is 14.8. The van der Waals surface area contributed by atoms with Crippen molar-refractivity contribution in [2.45, 2.75) is 4.90 Å². The maximum absolute atomic E-state index is 13.4. The van der Waals surface area contributed by atoms with Gasteiger partial charge in [0, 0.05) is 6.07 Å². The van der Waals surface area contributed by atoms with E-state index in [2.05, 4.69) is 5.32 Å². The zero-order valence-electron chi connectivity index (χ0n) is 16.5. The van der Waals surface area contributed by atoms with Gasteiger partial charge in [-0.2, -0.15) is 0 Å². The fourth-order valence-corrected chi connectivity index (χ4v) is 4.50. The van der Waals surface area contributed by atoms with Crippen LogP contribution in [0.3, 0.4) is 0 Å². The second kappa shape index (κ2) is 9.26. The number of benzene rings is 3. The van der Waals surface area contributed by atoms with Crippen molar-refractivity contribution in [1.82, 2.24) is 0 Å². The number of nitrogens with one attached hydrogen (secondary N) is 1. The summed E-state index contributed by atoms with van der Waals surface area (Å²) in [5, 5.41) is 14.0. The van der Waals surface area contributed by atoms with E-state index in [0.29, 0.717) is 11.4 Å². The molecule has 0 radical (unpaired) electrons. The fourth-order valence-electron chi connectivity index (χ4n) is 2.92. The van der Waals surface area contributed by atoms with Crippen LogP contribution < -0.4 is 14.4 Å². The Bertz CT molecular complexity index is 1200. The SMILES string of the molecule is COc1ccccc1NC(=O)CN(c1ccccc1)S(=O)(=O)c1ccccc1[N+](=O)[O-]. The molecule has 0 aliphatic carbocycles. The summed E-state index contributed by atoms with van der Waals surface area (Å²) in [4.78, 5) is 22.9. The van der Waals surface area contributed by atoms with Crippen LogP contribution in [0.25, 0.3) is 0 Å². The number of rotatable bonds is 8. The molecule has 0 aromatic heterocycles. The lowest BCUT2D eigenvalue weighted by molar-refractivity contribution is -0.387. The minimum atomic E-state index is -4.43. The predicted octanol–water partition coefficient (Wildman–Crippen LogP) is 3.44. The maximum atomic E-state index is 13.4. The smallest absolute Gasteiger partial charge is 0.289 e. The Hall–Kier alpha value is -3.92. The number of nitrogens with zero attached hydrogens (tertiary/aromatic N) is 2. The molecule has 31 heavy (non-hydrogen) atoms. The van der Waals surface area contributed by atoms with E-state index in [-0.39, 0.29) is 5.69 Å². The summed E-state index contributed by atoms with van der Waals surface area (Å²) in [5.41, 5.74) is -0.0181. The third-order valence-corrected chi connectivity index (χ3v) is 6.16. The lowest BCUT2D eigenvalue weighted by Gasteiger charge is -2.24. The molecule has 10 heteroatoms. The molecule has 1 amide bonds. The summed E-state index contributed by atoms with van der Waals surface area (Å²) in [6, 6.07) is 19.6. The van der Waals surface area contributed by atoms with Gasteiger partial charge in [0.1, 0.15) is 12.3 Å². The standard InChI is InChI=1S/C21H19N3O6S/c1-30-19-13-7-5-11-17(19)22-21(25)15-23(16-9-3-2-4-10-16)31(28,29)20-14-8-6-12-18(20)24(26)27/h2-14H,15H2,1H3,(H,22,25). The number of sulfonamides is 1. The van der Waals surface area contributed by atoms with Crippen LogP contribution in [0, 0.1) is 10.1 Å². The number of carbonyl (C=O) groups is 1. The van der Waals surface area contributed by atoms with Gasteiger partial charge in [-0.3, -0.25) is 19.2 Å². The molecule has 0 fully saturated rings. The van der Waals surface area contributed by atoms with Crippen molar-refractivity contribution in [3.8, 4) is 5.75 Å². The number of nitro benzene ring substituents is 1. The Morgan fingerprint density at radius 3 is 2.29 bits per heavy atom. The van der Waals surface area contributed by atoms with Gasteiger partial charge in [0.2, 0.25) is 5.91 Å². The van der Waals surface area contributed by atoms with Crippen molar-refractivity contribution in [3.05, 3.63) is 89.0 Å². The molecule has 3 aromatic rings. The van der Waals surface area contributed by atoms with Crippen molar-refractivity contribution >= 4 is 33.0 Å². The summed E-state index contributed by atoms with van der Waals surface area (Å²) in [7, 11) is -2.99. The average molecular weight is 441 g/mol. The van der Waals surface area contributed by atoms with Gasteiger partial charge in [0.15, 0.2) is 4.90 Å². The van der Waals surface area contributed by atoms with Crippen LogP contribution in [0.4, 0.5) is 17.1 Å². The monoisotopic (exact) mass is 441 g/mol. The van der Waals surface area contributed by atoms with Crippen LogP contribution in [-0.4, -0.2) is 32.9 Å². The molecule has 0 bridgehead atoms. The van der Waals surface area contributed by atoms with Gasteiger partial charge in [-0.15, -0.1) is 0 Å². The van der Waals surface area contributed by atoms with Crippen molar-refractivity contribution < 1.29 is 22.9 Å². The van der Waals surface area contributed by atoms with E-state index >= 15 is 0 Å². The highest BCUT2D eigenvalue weighted by molar-refractivity contribution is 7.93. The number of hydrogen-bond donors (Lipinski definition) is 1. The normalized spacial score (nSPS) is 10.9. The second-order valence-electron chi connectivity index (χ2n) is 6.32. The maximum Gasteiger partial charge on any atom is 0.289 e. The van der Waals surface area contributed by atoms with E-state index in [9.17, 15) is 23.3 Å². The number of methoxy groups -OCH3 is 1. The lowest BCUT2D eigenvalue weighted by Crippen LogP contribution is -2.38. The molecule has 0 saturated carbocycles. The van der Waals surface area contributed by atoms with E-state index in [1.165, 1.54) is 31.4 Å². The first kappa shape index (κ1) is 21.8.